The van der Waals surface area contributed by atoms with Crippen LogP contribution in [0.5, 0.6) is 0 Å². The summed E-state index contributed by atoms with van der Waals surface area (Å²) in [5.74, 6) is -1.58. The molecular formula is C21H22FNO4. The van der Waals surface area contributed by atoms with Gasteiger partial charge in [0.15, 0.2) is 11.9 Å². The van der Waals surface area contributed by atoms with E-state index in [-0.39, 0.29) is 31.0 Å². The fraction of sp³-hybridized carbons (Fsp3) is 0.286. The number of Topliss-reactive ketones (excluding diaryl/α,β-unsaturated/α-hetero) is 1. The fourth-order valence-electron chi connectivity index (χ4n) is 2.34. The summed E-state index contributed by atoms with van der Waals surface area (Å²) in [7, 11) is 0. The lowest BCUT2D eigenvalue weighted by Gasteiger charge is -2.13. The second kappa shape index (κ2) is 9.62. The number of ketones is 1. The lowest BCUT2D eigenvalue weighted by Crippen LogP contribution is -2.35. The molecule has 0 aliphatic rings. The minimum absolute atomic E-state index is 0.0197. The standard InChI is InChI=1S/C21H22FNO4/c1-14-3-7-17(8-4-14)19(24)11-12-20(25)27-15(2)21(26)23-13-16-5-9-18(22)10-6-16/h3-10,15H,11-13H2,1-2H3,(H,23,26)/t15-/m1/s1. The summed E-state index contributed by atoms with van der Waals surface area (Å²) in [4.78, 5) is 35.9. The third-order valence-electron chi connectivity index (χ3n) is 3.99. The van der Waals surface area contributed by atoms with Gasteiger partial charge in [-0.3, -0.25) is 14.4 Å². The SMILES string of the molecule is Cc1ccc(C(=O)CCC(=O)O[C@H](C)C(=O)NCc2ccc(F)cc2)cc1. The van der Waals surface area contributed by atoms with Crippen LogP contribution in [0, 0.1) is 12.7 Å². The van der Waals surface area contributed by atoms with Crippen molar-refractivity contribution in [3.63, 3.8) is 0 Å². The maximum absolute atomic E-state index is 12.8. The summed E-state index contributed by atoms with van der Waals surface area (Å²) in [6, 6.07) is 12.8. The molecule has 0 fully saturated rings. The Morgan fingerprint density at radius 1 is 1.00 bits per heavy atom. The second-order valence-electron chi connectivity index (χ2n) is 6.27. The first-order valence-electron chi connectivity index (χ1n) is 8.66. The molecule has 6 heteroatoms. The molecule has 2 aromatic carbocycles. The largest absolute Gasteiger partial charge is 0.453 e. The maximum atomic E-state index is 12.8. The van der Waals surface area contributed by atoms with Crippen molar-refractivity contribution in [2.45, 2.75) is 39.3 Å². The van der Waals surface area contributed by atoms with Crippen molar-refractivity contribution < 1.29 is 23.5 Å². The molecule has 0 unspecified atom stereocenters. The molecule has 1 amide bonds. The van der Waals surface area contributed by atoms with Gasteiger partial charge < -0.3 is 10.1 Å². The highest BCUT2D eigenvalue weighted by atomic mass is 19.1. The van der Waals surface area contributed by atoms with Gasteiger partial charge in [-0.1, -0.05) is 42.0 Å². The molecule has 0 heterocycles. The lowest BCUT2D eigenvalue weighted by atomic mass is 10.1. The first-order chi connectivity index (χ1) is 12.8. The smallest absolute Gasteiger partial charge is 0.307 e. The van der Waals surface area contributed by atoms with Gasteiger partial charge in [-0.05, 0) is 31.5 Å². The summed E-state index contributed by atoms with van der Waals surface area (Å²) >= 11 is 0. The average molecular weight is 371 g/mol. The van der Waals surface area contributed by atoms with E-state index in [0.717, 1.165) is 11.1 Å². The number of ether oxygens (including phenoxy) is 1. The molecule has 0 aliphatic heterocycles. The van der Waals surface area contributed by atoms with Crippen molar-refractivity contribution in [3.8, 4) is 0 Å². The van der Waals surface area contributed by atoms with Gasteiger partial charge in [-0.15, -0.1) is 0 Å². The number of hydrogen-bond donors (Lipinski definition) is 1. The van der Waals surface area contributed by atoms with Crippen LogP contribution in [0.4, 0.5) is 4.39 Å². The van der Waals surface area contributed by atoms with E-state index in [1.54, 1.807) is 24.3 Å². The van der Waals surface area contributed by atoms with Crippen LogP contribution in [0.2, 0.25) is 0 Å². The van der Waals surface area contributed by atoms with E-state index < -0.39 is 18.0 Å². The van der Waals surface area contributed by atoms with Crippen molar-refractivity contribution >= 4 is 17.7 Å². The van der Waals surface area contributed by atoms with Gasteiger partial charge in [-0.25, -0.2) is 4.39 Å². The highest BCUT2D eigenvalue weighted by molar-refractivity contribution is 5.97. The van der Waals surface area contributed by atoms with Gasteiger partial charge >= 0.3 is 5.97 Å². The normalized spacial score (nSPS) is 11.5. The van der Waals surface area contributed by atoms with Crippen LogP contribution in [0.25, 0.3) is 0 Å². The average Bonchev–Trinajstić information content (AvgIpc) is 2.66. The molecule has 1 atom stereocenters. The molecule has 1 N–H and O–H groups in total. The molecule has 27 heavy (non-hydrogen) atoms. The maximum Gasteiger partial charge on any atom is 0.307 e. The zero-order valence-corrected chi connectivity index (χ0v) is 15.3. The molecule has 0 spiro atoms. The van der Waals surface area contributed by atoms with Crippen molar-refractivity contribution in [2.75, 3.05) is 0 Å². The molecule has 0 aliphatic carbocycles. The van der Waals surface area contributed by atoms with E-state index in [9.17, 15) is 18.8 Å². The van der Waals surface area contributed by atoms with Crippen molar-refractivity contribution in [3.05, 3.63) is 71.0 Å². The van der Waals surface area contributed by atoms with Gasteiger partial charge in [0.1, 0.15) is 5.82 Å². The van der Waals surface area contributed by atoms with E-state index in [4.69, 9.17) is 4.74 Å². The monoisotopic (exact) mass is 371 g/mol. The molecule has 2 rings (SSSR count). The number of nitrogens with one attached hydrogen (secondary N) is 1. The number of halogens is 1. The Hall–Kier alpha value is -3.02. The highest BCUT2D eigenvalue weighted by Crippen LogP contribution is 2.09. The summed E-state index contributed by atoms with van der Waals surface area (Å²) in [6.07, 6.45) is -1.05. The van der Waals surface area contributed by atoms with E-state index in [1.165, 1.54) is 19.1 Å². The number of carbonyl (C=O) groups is 3. The second-order valence-corrected chi connectivity index (χ2v) is 6.27. The quantitative estimate of drug-likeness (QED) is 0.571. The Bertz CT molecular complexity index is 800. The minimum atomic E-state index is -0.979. The molecule has 0 aromatic heterocycles. The summed E-state index contributed by atoms with van der Waals surface area (Å²) in [5.41, 5.74) is 2.32. The van der Waals surface area contributed by atoms with E-state index in [1.807, 2.05) is 19.1 Å². The zero-order valence-electron chi connectivity index (χ0n) is 15.3. The topological polar surface area (TPSA) is 72.5 Å². The Labute approximate surface area is 157 Å². The number of benzene rings is 2. The minimum Gasteiger partial charge on any atom is -0.453 e. The van der Waals surface area contributed by atoms with E-state index in [0.29, 0.717) is 5.56 Å². The number of aryl methyl sites for hydroxylation is 1. The van der Waals surface area contributed by atoms with Crippen molar-refractivity contribution in [2.24, 2.45) is 0 Å². The summed E-state index contributed by atoms with van der Waals surface area (Å²) in [5, 5.41) is 2.61. The van der Waals surface area contributed by atoms with Gasteiger partial charge in [0.05, 0.1) is 6.42 Å². The first kappa shape index (κ1) is 20.3. The first-order valence-corrected chi connectivity index (χ1v) is 8.66. The van der Waals surface area contributed by atoms with E-state index in [2.05, 4.69) is 5.32 Å². The summed E-state index contributed by atoms with van der Waals surface area (Å²) < 4.78 is 17.9. The molecule has 0 saturated heterocycles. The van der Waals surface area contributed by atoms with Crippen LogP contribution in [0.3, 0.4) is 0 Å². The summed E-state index contributed by atoms with van der Waals surface area (Å²) in [6.45, 7) is 3.58. The Kier molecular flexibility index (Phi) is 7.23. The molecule has 0 bridgehead atoms. The molecular weight excluding hydrogens is 349 g/mol. The van der Waals surface area contributed by atoms with Crippen LogP contribution >= 0.6 is 0 Å². The van der Waals surface area contributed by atoms with Crippen LogP contribution in [0.15, 0.2) is 48.5 Å². The van der Waals surface area contributed by atoms with Gasteiger partial charge in [-0.2, -0.15) is 0 Å². The Balaban J connectivity index is 1.73. The molecule has 5 nitrogen and oxygen atoms in total. The Morgan fingerprint density at radius 3 is 2.26 bits per heavy atom. The molecule has 142 valence electrons. The number of hydrogen-bond acceptors (Lipinski definition) is 4. The third-order valence-corrected chi connectivity index (χ3v) is 3.99. The highest BCUT2D eigenvalue weighted by Gasteiger charge is 2.18. The van der Waals surface area contributed by atoms with Crippen molar-refractivity contribution in [1.82, 2.24) is 5.32 Å². The molecule has 2 aromatic rings. The van der Waals surface area contributed by atoms with Crippen LogP contribution in [0.1, 0.15) is 41.3 Å². The molecule has 0 saturated carbocycles. The number of amides is 1. The number of rotatable bonds is 8. The van der Waals surface area contributed by atoms with E-state index >= 15 is 0 Å². The number of esters is 1. The predicted molar refractivity (Wildman–Crippen MR) is 98.5 cm³/mol. The van der Waals surface area contributed by atoms with Crippen LogP contribution in [-0.2, 0) is 20.9 Å². The van der Waals surface area contributed by atoms with Crippen molar-refractivity contribution in [1.29, 1.82) is 0 Å². The van der Waals surface area contributed by atoms with Crippen LogP contribution in [-0.4, -0.2) is 23.8 Å². The lowest BCUT2D eigenvalue weighted by molar-refractivity contribution is -0.154. The molecule has 0 radical (unpaired) electrons. The van der Waals surface area contributed by atoms with Gasteiger partial charge in [0, 0.05) is 18.5 Å². The predicted octanol–water partition coefficient (Wildman–Crippen LogP) is 3.35. The number of carbonyl (C=O) groups excluding carboxylic acids is 3. The van der Waals surface area contributed by atoms with Crippen LogP contribution < -0.4 is 5.32 Å². The zero-order chi connectivity index (χ0) is 19.8. The van der Waals surface area contributed by atoms with Gasteiger partial charge in [0.2, 0.25) is 0 Å². The third kappa shape index (κ3) is 6.66. The Morgan fingerprint density at radius 2 is 1.63 bits per heavy atom. The van der Waals surface area contributed by atoms with Gasteiger partial charge in [0.25, 0.3) is 5.91 Å². The fourth-order valence-corrected chi connectivity index (χ4v) is 2.34.